The van der Waals surface area contributed by atoms with Crippen molar-refractivity contribution in [3.8, 4) is 0 Å². The number of allylic oxidation sites excluding steroid dienone is 2. The van der Waals surface area contributed by atoms with Crippen molar-refractivity contribution in [2.24, 2.45) is 0 Å². The molecule has 0 N–H and O–H groups in total. The Bertz CT molecular complexity index is 43.3. The van der Waals surface area contributed by atoms with Crippen molar-refractivity contribution in [2.75, 3.05) is 0 Å². The van der Waals surface area contributed by atoms with E-state index in [1.54, 1.807) is 12.2 Å². The molecule has 0 aromatic rings. The fourth-order valence-electron chi connectivity index (χ4n) is 0. The summed E-state index contributed by atoms with van der Waals surface area (Å²) in [6.45, 7) is 6.72. The molecule has 0 saturated heterocycles. The van der Waals surface area contributed by atoms with Gasteiger partial charge in [-0.25, -0.2) is 0 Å². The first kappa shape index (κ1) is 15.8. The van der Waals surface area contributed by atoms with Crippen LogP contribution in [-0.2, 0) is 25.2 Å². The van der Waals surface area contributed by atoms with E-state index in [0.717, 1.165) is 21.0 Å². The third-order valence-electron chi connectivity index (χ3n) is 0.167. The van der Waals surface area contributed by atoms with E-state index in [0.29, 0.717) is 0 Å². The Morgan fingerprint density at radius 1 is 1.12 bits per heavy atom. The van der Waals surface area contributed by atoms with Crippen LogP contribution in [0.1, 0.15) is 0 Å². The van der Waals surface area contributed by atoms with E-state index in [1.165, 1.54) is 0 Å². The summed E-state index contributed by atoms with van der Waals surface area (Å²) >= 11 is 0. The molecule has 4 heteroatoms. The topological polar surface area (TPSA) is 9.23 Å². The zero-order valence-electron chi connectivity index (χ0n) is 5.29. The Labute approximate surface area is 71.6 Å². The van der Waals surface area contributed by atoms with Crippen LogP contribution in [0.5, 0.6) is 0 Å². The minimum atomic E-state index is 0. The van der Waals surface area contributed by atoms with Gasteiger partial charge in [-0.2, -0.15) is 0 Å². The van der Waals surface area contributed by atoms with Crippen molar-refractivity contribution < 1.29 is 25.2 Å². The second kappa shape index (κ2) is 25.7. The molecule has 0 aliphatic carbocycles. The number of rotatable bonds is 1. The van der Waals surface area contributed by atoms with E-state index in [-0.39, 0.29) is 21.1 Å². The molecule has 0 unspecified atom stereocenters. The van der Waals surface area contributed by atoms with Gasteiger partial charge in [-0.3, -0.25) is 0 Å². The average molecular weight is 327 g/mol. The quantitative estimate of drug-likeness (QED) is 0.440. The Morgan fingerprint density at radius 2 is 1.25 bits per heavy atom. The molecule has 0 atom stereocenters. The van der Waals surface area contributed by atoms with Gasteiger partial charge in [0, 0.05) is 21.1 Å². The van der Waals surface area contributed by atoms with Crippen molar-refractivity contribution in [2.45, 2.75) is 0 Å². The minimum Gasteiger partial charge on any atom is -0.471 e. The van der Waals surface area contributed by atoms with Crippen molar-refractivity contribution in [1.29, 1.82) is 0 Å². The van der Waals surface area contributed by atoms with Gasteiger partial charge in [0.25, 0.3) is 0 Å². The molecule has 0 saturated carbocycles. The van der Waals surface area contributed by atoms with Crippen LogP contribution in [-0.4, -0.2) is 21.0 Å². The predicted molar refractivity (Wildman–Crippen MR) is 41.4 cm³/mol. The van der Waals surface area contributed by atoms with Gasteiger partial charge in [-0.15, -0.1) is 0 Å². The van der Waals surface area contributed by atoms with Crippen LogP contribution in [0.15, 0.2) is 25.3 Å². The van der Waals surface area contributed by atoms with Gasteiger partial charge >= 0.3 is 0 Å². The normalized spacial score (nSPS) is 5.50. The smallest absolute Gasteiger partial charge is 0.129 e. The van der Waals surface area contributed by atoms with Gasteiger partial charge in [0.15, 0.2) is 0 Å². The molecule has 0 amide bonds. The largest absolute Gasteiger partial charge is 0.471 e. The summed E-state index contributed by atoms with van der Waals surface area (Å²) in [6.07, 6.45) is 3.28. The third kappa shape index (κ3) is 83.2. The van der Waals surface area contributed by atoms with Crippen LogP contribution in [0.25, 0.3) is 0 Å². The van der Waals surface area contributed by atoms with Crippen LogP contribution in [0, 0.1) is 0 Å². The number of hydrogen-bond donors (Lipinski definition) is 0. The maximum absolute atomic E-state index is 4.53. The molecule has 0 bridgehead atoms. The molecule has 0 fully saturated rings. The van der Waals surface area contributed by atoms with E-state index in [1.807, 2.05) is 0 Å². The summed E-state index contributed by atoms with van der Waals surface area (Å²) < 4.78 is 4.53. The summed E-state index contributed by atoms with van der Waals surface area (Å²) in [4.78, 5) is 0. The maximum atomic E-state index is 4.53. The predicted octanol–water partition coefficient (Wildman–Crippen LogP) is -1.08. The van der Waals surface area contributed by atoms with Crippen LogP contribution >= 0.6 is 0 Å². The molecule has 0 aliphatic rings. The van der Waals surface area contributed by atoms with Crippen molar-refractivity contribution in [3.63, 3.8) is 0 Å². The van der Waals surface area contributed by atoms with E-state index in [4.69, 9.17) is 0 Å². The van der Waals surface area contributed by atoms with Crippen molar-refractivity contribution >= 4 is 21.0 Å². The summed E-state index contributed by atoms with van der Waals surface area (Å²) in [5.74, 6) is 0. The number of hydrogen-bond acceptors (Lipinski definition) is 1. The zero-order valence-corrected chi connectivity index (χ0v) is 11.6. The van der Waals surface area contributed by atoms with Crippen LogP contribution in [0.4, 0.5) is 0 Å². The van der Waals surface area contributed by atoms with Crippen LogP contribution in [0.3, 0.4) is 0 Å². The van der Waals surface area contributed by atoms with E-state index in [2.05, 4.69) is 17.3 Å². The maximum Gasteiger partial charge on any atom is 0.129 e. The molecule has 0 aromatic carbocycles. The van der Waals surface area contributed by atoms with Crippen LogP contribution < -0.4 is 0 Å². The van der Waals surface area contributed by atoms with Gasteiger partial charge in [0.2, 0.25) is 0 Å². The molecular weight excluding hydrogens is 315 g/mol. The average Bonchev–Trinajstić information content (AvgIpc) is 1.69. The Morgan fingerprint density at radius 3 is 1.25 bits per heavy atom. The van der Waals surface area contributed by atoms with Gasteiger partial charge in [-0.1, -0.05) is 25.3 Å². The summed E-state index contributed by atoms with van der Waals surface area (Å²) in [5, 5.41) is 0. The second-order valence-corrected chi connectivity index (χ2v) is 4.15. The third-order valence-corrected chi connectivity index (χ3v) is 0.167. The molecule has 0 heterocycles. The summed E-state index contributed by atoms with van der Waals surface area (Å²) in [5.41, 5.74) is 0. The zero-order chi connectivity index (χ0) is 6.12. The van der Waals surface area contributed by atoms with Gasteiger partial charge in [0.1, 0.15) is 21.0 Å². The Kier molecular flexibility index (Phi) is 50.8. The van der Waals surface area contributed by atoms with Crippen molar-refractivity contribution in [3.05, 3.63) is 25.3 Å². The first-order valence-corrected chi connectivity index (χ1v) is 3.60. The Balaban J connectivity index is -0.0000000575. The first-order valence-electron chi connectivity index (χ1n) is 1.97. The SMILES string of the molecule is C=CC=C.[Pt].[SiH3]O[SiH3]. The van der Waals surface area contributed by atoms with E-state index in [9.17, 15) is 0 Å². The Hall–Kier alpha value is 0.562. The molecule has 0 radical (unpaired) electrons. The molecule has 52 valence electrons. The molecule has 0 rings (SSSR count). The van der Waals surface area contributed by atoms with Crippen molar-refractivity contribution in [1.82, 2.24) is 0 Å². The summed E-state index contributed by atoms with van der Waals surface area (Å²) in [6, 6.07) is 0. The molecule has 0 aliphatic heterocycles. The molecule has 0 aromatic heterocycles. The second-order valence-electron chi connectivity index (χ2n) is 0.880. The van der Waals surface area contributed by atoms with Crippen LogP contribution in [0.2, 0.25) is 0 Å². The molecule has 8 heavy (non-hydrogen) atoms. The monoisotopic (exact) mass is 327 g/mol. The van der Waals surface area contributed by atoms with E-state index >= 15 is 0 Å². The fourth-order valence-corrected chi connectivity index (χ4v) is 0. The standard InChI is InChI=1S/C4H6.H6OSi2.Pt/c1-3-4-2;2-1-3;/h3-4H,1-2H2;2-3H3;. The fraction of sp³-hybridized carbons (Fsp3) is 0. The summed E-state index contributed by atoms with van der Waals surface area (Å²) in [7, 11) is 1.86. The first-order chi connectivity index (χ1) is 3.33. The molecule has 1 nitrogen and oxygen atoms in total. The van der Waals surface area contributed by atoms with Gasteiger partial charge in [0.05, 0.1) is 0 Å². The molecular formula is C4H12OPtSi2. The van der Waals surface area contributed by atoms with Gasteiger partial charge in [-0.05, 0) is 0 Å². The molecule has 0 spiro atoms. The van der Waals surface area contributed by atoms with Gasteiger partial charge < -0.3 is 4.12 Å². The van der Waals surface area contributed by atoms with E-state index < -0.39 is 0 Å². The minimum absolute atomic E-state index is 0.